The van der Waals surface area contributed by atoms with E-state index < -0.39 is 0 Å². The van der Waals surface area contributed by atoms with Gasteiger partial charge in [-0.15, -0.1) is 0 Å². The Kier molecular flexibility index (Phi) is 5.55. The highest BCUT2D eigenvalue weighted by atomic mass is 16.5. The Morgan fingerprint density at radius 3 is 2.09 bits per heavy atom. The number of piperazine rings is 1. The second kappa shape index (κ2) is 8.79. The number of aryl methyl sites for hydroxylation is 1. The van der Waals surface area contributed by atoms with E-state index in [1.165, 1.54) is 11.4 Å². The van der Waals surface area contributed by atoms with Crippen molar-refractivity contribution in [2.75, 3.05) is 48.4 Å². The molecular weight excluding hydrogens is 396 g/mol. The molecule has 0 atom stereocenters. The van der Waals surface area contributed by atoms with Crippen LogP contribution in [0.1, 0.15) is 5.69 Å². The molecule has 3 aromatic carbocycles. The fourth-order valence-electron chi connectivity index (χ4n) is 4.39. The van der Waals surface area contributed by atoms with Gasteiger partial charge in [-0.05, 0) is 55.5 Å². The van der Waals surface area contributed by atoms with Crippen molar-refractivity contribution in [2.24, 2.45) is 0 Å². The number of aromatic nitrogens is 1. The first-order chi connectivity index (χ1) is 15.7. The topological polar surface area (TPSA) is 40.6 Å². The smallest absolute Gasteiger partial charge is 0.145 e. The molecule has 5 rings (SSSR count). The van der Waals surface area contributed by atoms with E-state index in [9.17, 15) is 0 Å². The molecule has 1 saturated heterocycles. The van der Waals surface area contributed by atoms with Crippen molar-refractivity contribution in [1.82, 2.24) is 4.98 Å². The predicted molar refractivity (Wildman–Crippen MR) is 134 cm³/mol. The van der Waals surface area contributed by atoms with Crippen LogP contribution in [0.15, 0.2) is 78.9 Å². The molecule has 1 N–H and O–H groups in total. The summed E-state index contributed by atoms with van der Waals surface area (Å²) in [7, 11) is 1.68. The SMILES string of the molecule is COc1cccc2c(Nc3ccc(N4CCN(c5ccccc5)CC4)cc3)cc(C)nc12. The largest absolute Gasteiger partial charge is 0.494 e. The van der Waals surface area contributed by atoms with Gasteiger partial charge in [0.05, 0.1) is 7.11 Å². The third kappa shape index (κ3) is 4.06. The van der Waals surface area contributed by atoms with Crippen molar-refractivity contribution in [3.8, 4) is 5.75 Å². The van der Waals surface area contributed by atoms with Gasteiger partial charge < -0.3 is 19.9 Å². The van der Waals surface area contributed by atoms with Gasteiger partial charge in [-0.3, -0.25) is 0 Å². The Hall–Kier alpha value is -3.73. The molecule has 0 spiro atoms. The van der Waals surface area contributed by atoms with E-state index >= 15 is 0 Å². The lowest BCUT2D eigenvalue weighted by Crippen LogP contribution is -2.46. The summed E-state index contributed by atoms with van der Waals surface area (Å²) in [4.78, 5) is 9.59. The number of anilines is 4. The third-order valence-electron chi connectivity index (χ3n) is 6.06. The van der Waals surface area contributed by atoms with Crippen LogP contribution in [0.25, 0.3) is 10.9 Å². The van der Waals surface area contributed by atoms with Gasteiger partial charge in [-0.25, -0.2) is 4.98 Å². The summed E-state index contributed by atoms with van der Waals surface area (Å²) in [6, 6.07) is 27.5. The van der Waals surface area contributed by atoms with E-state index in [0.717, 1.165) is 59.9 Å². The number of benzene rings is 3. The lowest BCUT2D eigenvalue weighted by atomic mass is 10.1. The lowest BCUT2D eigenvalue weighted by Gasteiger charge is -2.37. The van der Waals surface area contributed by atoms with Gasteiger partial charge in [0.1, 0.15) is 11.3 Å². The fraction of sp³-hybridized carbons (Fsp3) is 0.222. The molecule has 1 aromatic heterocycles. The first kappa shape index (κ1) is 20.2. The first-order valence-corrected chi connectivity index (χ1v) is 11.1. The van der Waals surface area contributed by atoms with Gasteiger partial charge in [0.25, 0.3) is 0 Å². The minimum absolute atomic E-state index is 0.791. The standard InChI is InChI=1S/C27H28N4O/c1-20-19-25(24-9-6-10-26(32-2)27(24)28-20)29-21-11-13-23(14-12-21)31-17-15-30(16-18-31)22-7-4-3-5-8-22/h3-14,19H,15-18H2,1-2H3,(H,28,29). The molecular formula is C27H28N4O. The molecule has 1 fully saturated rings. The number of rotatable bonds is 5. The Bertz CT molecular complexity index is 1200. The average molecular weight is 425 g/mol. The average Bonchev–Trinajstić information content (AvgIpc) is 2.85. The molecule has 0 unspecified atom stereocenters. The van der Waals surface area contributed by atoms with Crippen LogP contribution in [0.5, 0.6) is 5.75 Å². The van der Waals surface area contributed by atoms with Crippen LogP contribution in [0, 0.1) is 6.92 Å². The highest BCUT2D eigenvalue weighted by Crippen LogP contribution is 2.32. The molecule has 2 heterocycles. The van der Waals surface area contributed by atoms with Gasteiger partial charge in [0.2, 0.25) is 0 Å². The maximum atomic E-state index is 5.51. The van der Waals surface area contributed by atoms with Crippen molar-refractivity contribution >= 4 is 33.7 Å². The Labute approximate surface area is 189 Å². The Morgan fingerprint density at radius 1 is 0.781 bits per heavy atom. The minimum Gasteiger partial charge on any atom is -0.494 e. The summed E-state index contributed by atoms with van der Waals surface area (Å²) >= 11 is 0. The molecule has 162 valence electrons. The van der Waals surface area contributed by atoms with Gasteiger partial charge in [0.15, 0.2) is 0 Å². The maximum Gasteiger partial charge on any atom is 0.145 e. The second-order valence-corrected chi connectivity index (χ2v) is 8.15. The molecule has 4 aromatic rings. The normalized spacial score (nSPS) is 13.9. The quantitative estimate of drug-likeness (QED) is 0.450. The number of ether oxygens (including phenoxy) is 1. The van der Waals surface area contributed by atoms with E-state index in [-0.39, 0.29) is 0 Å². The lowest BCUT2D eigenvalue weighted by molar-refractivity contribution is 0.419. The van der Waals surface area contributed by atoms with Crippen molar-refractivity contribution in [1.29, 1.82) is 0 Å². The third-order valence-corrected chi connectivity index (χ3v) is 6.06. The van der Waals surface area contributed by atoms with Crippen molar-refractivity contribution in [3.63, 3.8) is 0 Å². The van der Waals surface area contributed by atoms with E-state index in [2.05, 4.69) is 86.8 Å². The molecule has 1 aliphatic rings. The molecule has 0 aliphatic carbocycles. The number of hydrogen-bond donors (Lipinski definition) is 1. The molecule has 0 radical (unpaired) electrons. The monoisotopic (exact) mass is 424 g/mol. The van der Waals surface area contributed by atoms with Crippen LogP contribution in [0.2, 0.25) is 0 Å². The van der Waals surface area contributed by atoms with Gasteiger partial charge in [-0.2, -0.15) is 0 Å². The Balaban J connectivity index is 1.30. The molecule has 0 saturated carbocycles. The van der Waals surface area contributed by atoms with Crippen LogP contribution in [-0.4, -0.2) is 38.3 Å². The number of para-hydroxylation sites is 2. The summed E-state index contributed by atoms with van der Waals surface area (Å²) in [5, 5.41) is 4.63. The van der Waals surface area contributed by atoms with E-state index in [1.807, 2.05) is 19.1 Å². The van der Waals surface area contributed by atoms with Crippen molar-refractivity contribution in [3.05, 3.63) is 84.6 Å². The minimum atomic E-state index is 0.791. The number of methoxy groups -OCH3 is 1. The summed E-state index contributed by atoms with van der Waals surface area (Å²) in [5.41, 5.74) is 6.51. The van der Waals surface area contributed by atoms with Crippen LogP contribution < -0.4 is 19.9 Å². The van der Waals surface area contributed by atoms with Crippen LogP contribution in [0.4, 0.5) is 22.7 Å². The van der Waals surface area contributed by atoms with E-state index in [4.69, 9.17) is 4.74 Å². The van der Waals surface area contributed by atoms with Crippen molar-refractivity contribution < 1.29 is 4.74 Å². The van der Waals surface area contributed by atoms with E-state index in [1.54, 1.807) is 7.11 Å². The molecule has 0 amide bonds. The molecule has 5 heteroatoms. The fourth-order valence-corrected chi connectivity index (χ4v) is 4.39. The van der Waals surface area contributed by atoms with Crippen LogP contribution in [0.3, 0.4) is 0 Å². The Morgan fingerprint density at radius 2 is 1.44 bits per heavy atom. The predicted octanol–water partition coefficient (Wildman–Crippen LogP) is 5.62. The van der Waals surface area contributed by atoms with Crippen LogP contribution in [-0.2, 0) is 0 Å². The summed E-state index contributed by atoms with van der Waals surface area (Å²) in [5.74, 6) is 0.791. The number of pyridine rings is 1. The molecule has 5 nitrogen and oxygen atoms in total. The zero-order valence-electron chi connectivity index (χ0n) is 18.6. The molecule has 32 heavy (non-hydrogen) atoms. The zero-order chi connectivity index (χ0) is 21.9. The van der Waals surface area contributed by atoms with Crippen LogP contribution >= 0.6 is 0 Å². The first-order valence-electron chi connectivity index (χ1n) is 11.1. The maximum absolute atomic E-state index is 5.51. The number of fused-ring (bicyclic) bond motifs is 1. The summed E-state index contributed by atoms with van der Waals surface area (Å²) in [6.07, 6.45) is 0. The van der Waals surface area contributed by atoms with E-state index in [0.29, 0.717) is 0 Å². The zero-order valence-corrected chi connectivity index (χ0v) is 18.6. The number of hydrogen-bond acceptors (Lipinski definition) is 5. The summed E-state index contributed by atoms with van der Waals surface area (Å²) < 4.78 is 5.51. The van der Waals surface area contributed by atoms with Gasteiger partial charge >= 0.3 is 0 Å². The number of nitrogens with one attached hydrogen (secondary N) is 1. The summed E-state index contributed by atoms with van der Waals surface area (Å²) in [6.45, 7) is 6.13. The van der Waals surface area contributed by atoms with Crippen molar-refractivity contribution in [2.45, 2.75) is 6.92 Å². The van der Waals surface area contributed by atoms with Gasteiger partial charge in [0, 0.05) is 60.0 Å². The molecule has 1 aliphatic heterocycles. The van der Waals surface area contributed by atoms with Gasteiger partial charge in [-0.1, -0.05) is 30.3 Å². The highest BCUT2D eigenvalue weighted by molar-refractivity contribution is 5.96. The second-order valence-electron chi connectivity index (χ2n) is 8.15. The molecule has 0 bridgehead atoms. The number of nitrogens with zero attached hydrogens (tertiary/aromatic N) is 3. The highest BCUT2D eigenvalue weighted by Gasteiger charge is 2.17.